The standard InChI is InChI=1S/C28H51NO6/c1-5-7-9-11-15-30-17-19-32-21-23-34-27-14-13-26(29(3)4)25-28(27)35-24-22-33-20-18-31-16-12-10-8-6-2/h13-14,25H,5-12,15-24H2,1-4H3. The molecule has 7 nitrogen and oxygen atoms in total. The lowest BCUT2D eigenvalue weighted by Gasteiger charge is -2.18. The number of ether oxygens (including phenoxy) is 6. The van der Waals surface area contributed by atoms with E-state index in [4.69, 9.17) is 28.4 Å². The molecule has 0 fully saturated rings. The largest absolute Gasteiger partial charge is 0.487 e. The Bertz CT molecular complexity index is 599. The second-order valence-electron chi connectivity index (χ2n) is 8.79. The zero-order valence-electron chi connectivity index (χ0n) is 22.9. The van der Waals surface area contributed by atoms with E-state index in [0.717, 1.165) is 31.7 Å². The van der Waals surface area contributed by atoms with E-state index in [0.29, 0.717) is 64.4 Å². The van der Waals surface area contributed by atoms with Crippen molar-refractivity contribution in [3.63, 3.8) is 0 Å². The van der Waals surface area contributed by atoms with Crippen molar-refractivity contribution in [2.75, 3.05) is 85.1 Å². The van der Waals surface area contributed by atoms with Crippen LogP contribution in [0.1, 0.15) is 65.2 Å². The predicted octanol–water partition coefficient (Wildman–Crippen LogP) is 5.74. The van der Waals surface area contributed by atoms with Gasteiger partial charge in [-0.05, 0) is 25.0 Å². The van der Waals surface area contributed by atoms with Crippen molar-refractivity contribution >= 4 is 5.69 Å². The first-order valence-electron chi connectivity index (χ1n) is 13.6. The van der Waals surface area contributed by atoms with Crippen molar-refractivity contribution in [2.45, 2.75) is 65.2 Å². The third kappa shape index (κ3) is 17.5. The summed E-state index contributed by atoms with van der Waals surface area (Å²) in [6.45, 7) is 10.4. The topological polar surface area (TPSA) is 58.6 Å². The zero-order valence-corrected chi connectivity index (χ0v) is 22.9. The summed E-state index contributed by atoms with van der Waals surface area (Å²) in [7, 11) is 4.01. The van der Waals surface area contributed by atoms with Gasteiger partial charge in [-0.15, -0.1) is 0 Å². The first kappa shape index (κ1) is 31.5. The maximum Gasteiger partial charge on any atom is 0.163 e. The highest BCUT2D eigenvalue weighted by Crippen LogP contribution is 2.31. The first-order valence-corrected chi connectivity index (χ1v) is 13.6. The summed E-state index contributed by atoms with van der Waals surface area (Å²) >= 11 is 0. The molecule has 0 radical (unpaired) electrons. The quantitative estimate of drug-likeness (QED) is 0.160. The zero-order chi connectivity index (χ0) is 25.4. The fraction of sp³-hybridized carbons (Fsp3) is 0.786. The van der Waals surface area contributed by atoms with Gasteiger partial charge in [-0.25, -0.2) is 0 Å². The van der Waals surface area contributed by atoms with Crippen LogP contribution in [0.2, 0.25) is 0 Å². The van der Waals surface area contributed by atoms with Gasteiger partial charge in [-0.2, -0.15) is 0 Å². The molecular weight excluding hydrogens is 446 g/mol. The van der Waals surface area contributed by atoms with Crippen molar-refractivity contribution in [1.82, 2.24) is 0 Å². The first-order chi connectivity index (χ1) is 17.2. The Labute approximate surface area is 214 Å². The summed E-state index contributed by atoms with van der Waals surface area (Å²) < 4.78 is 34.4. The van der Waals surface area contributed by atoms with E-state index in [2.05, 4.69) is 13.8 Å². The SMILES string of the molecule is CCCCCCOCCOCCOc1ccc(N(C)C)cc1OCCOCCOCCCCCC. The minimum absolute atomic E-state index is 0.454. The van der Waals surface area contributed by atoms with E-state index >= 15 is 0 Å². The summed E-state index contributed by atoms with van der Waals surface area (Å²) in [4.78, 5) is 2.04. The molecular formula is C28H51NO6. The number of anilines is 1. The summed E-state index contributed by atoms with van der Waals surface area (Å²) in [5.41, 5.74) is 1.05. The molecule has 1 rings (SSSR count). The van der Waals surface area contributed by atoms with Gasteiger partial charge in [0, 0.05) is 39.1 Å². The van der Waals surface area contributed by atoms with Gasteiger partial charge < -0.3 is 33.3 Å². The highest BCUT2D eigenvalue weighted by molar-refractivity contribution is 5.55. The van der Waals surface area contributed by atoms with E-state index < -0.39 is 0 Å². The lowest BCUT2D eigenvalue weighted by molar-refractivity contribution is 0.0321. The van der Waals surface area contributed by atoms with Crippen LogP contribution in [-0.4, -0.2) is 80.2 Å². The number of nitrogens with zero attached hydrogens (tertiary/aromatic N) is 1. The minimum atomic E-state index is 0.454. The summed E-state index contributed by atoms with van der Waals surface area (Å²) in [6, 6.07) is 5.95. The van der Waals surface area contributed by atoms with Gasteiger partial charge in [0.15, 0.2) is 11.5 Å². The lowest BCUT2D eigenvalue weighted by Crippen LogP contribution is -2.14. The van der Waals surface area contributed by atoms with Crippen molar-refractivity contribution in [2.24, 2.45) is 0 Å². The van der Waals surface area contributed by atoms with Crippen LogP contribution >= 0.6 is 0 Å². The molecule has 0 saturated carbocycles. The third-order valence-corrected chi connectivity index (χ3v) is 5.44. The van der Waals surface area contributed by atoms with Gasteiger partial charge in [0.1, 0.15) is 13.2 Å². The Hall–Kier alpha value is -1.54. The van der Waals surface area contributed by atoms with Gasteiger partial charge in [0.2, 0.25) is 0 Å². The second kappa shape index (κ2) is 22.9. The van der Waals surface area contributed by atoms with Gasteiger partial charge in [-0.1, -0.05) is 52.4 Å². The molecule has 0 N–H and O–H groups in total. The van der Waals surface area contributed by atoms with Crippen molar-refractivity contribution < 1.29 is 28.4 Å². The molecule has 0 amide bonds. The maximum absolute atomic E-state index is 5.97. The molecule has 0 saturated heterocycles. The Morgan fingerprint density at radius 3 is 1.46 bits per heavy atom. The van der Waals surface area contributed by atoms with Crippen LogP contribution in [0.25, 0.3) is 0 Å². The molecule has 0 heterocycles. The van der Waals surface area contributed by atoms with Crippen LogP contribution < -0.4 is 14.4 Å². The number of hydrogen-bond acceptors (Lipinski definition) is 7. The summed E-state index contributed by atoms with van der Waals surface area (Å²) in [5, 5.41) is 0. The Morgan fingerprint density at radius 1 is 0.514 bits per heavy atom. The van der Waals surface area contributed by atoms with Gasteiger partial charge in [0.05, 0.1) is 39.6 Å². The van der Waals surface area contributed by atoms with E-state index in [1.165, 1.54) is 38.5 Å². The second-order valence-corrected chi connectivity index (χ2v) is 8.79. The molecule has 35 heavy (non-hydrogen) atoms. The van der Waals surface area contributed by atoms with Gasteiger partial charge in [-0.3, -0.25) is 0 Å². The number of unbranched alkanes of at least 4 members (excludes halogenated alkanes) is 6. The van der Waals surface area contributed by atoms with Gasteiger partial charge in [0.25, 0.3) is 0 Å². The van der Waals surface area contributed by atoms with Crippen molar-refractivity contribution in [3.8, 4) is 11.5 Å². The average Bonchev–Trinajstić information content (AvgIpc) is 2.86. The van der Waals surface area contributed by atoms with E-state index in [-0.39, 0.29) is 0 Å². The smallest absolute Gasteiger partial charge is 0.163 e. The van der Waals surface area contributed by atoms with Crippen LogP contribution in [0.4, 0.5) is 5.69 Å². The third-order valence-electron chi connectivity index (χ3n) is 5.44. The summed E-state index contributed by atoms with van der Waals surface area (Å²) in [5.74, 6) is 1.42. The van der Waals surface area contributed by atoms with E-state index in [1.807, 2.05) is 37.2 Å². The molecule has 0 unspecified atom stereocenters. The van der Waals surface area contributed by atoms with Crippen LogP contribution in [0.15, 0.2) is 18.2 Å². The molecule has 0 atom stereocenters. The van der Waals surface area contributed by atoms with Crippen molar-refractivity contribution in [3.05, 3.63) is 18.2 Å². The van der Waals surface area contributed by atoms with Crippen LogP contribution in [0.5, 0.6) is 11.5 Å². The number of hydrogen-bond donors (Lipinski definition) is 0. The Kier molecular flexibility index (Phi) is 20.6. The molecule has 0 aliphatic heterocycles. The average molecular weight is 498 g/mol. The Morgan fingerprint density at radius 2 is 0.971 bits per heavy atom. The molecule has 0 aliphatic rings. The van der Waals surface area contributed by atoms with E-state index in [1.54, 1.807) is 0 Å². The molecule has 0 bridgehead atoms. The Balaban J connectivity index is 2.21. The summed E-state index contributed by atoms with van der Waals surface area (Å²) in [6.07, 6.45) is 9.77. The van der Waals surface area contributed by atoms with E-state index in [9.17, 15) is 0 Å². The number of rotatable bonds is 25. The van der Waals surface area contributed by atoms with Gasteiger partial charge >= 0.3 is 0 Å². The van der Waals surface area contributed by atoms with Crippen LogP contribution in [-0.2, 0) is 18.9 Å². The molecule has 0 aromatic heterocycles. The highest BCUT2D eigenvalue weighted by Gasteiger charge is 2.08. The molecule has 204 valence electrons. The molecule has 0 aliphatic carbocycles. The number of benzene rings is 1. The predicted molar refractivity (Wildman–Crippen MR) is 143 cm³/mol. The van der Waals surface area contributed by atoms with Crippen LogP contribution in [0, 0.1) is 0 Å². The fourth-order valence-electron chi connectivity index (χ4n) is 3.33. The molecule has 1 aromatic rings. The monoisotopic (exact) mass is 497 g/mol. The molecule has 7 heteroatoms. The molecule has 1 aromatic carbocycles. The van der Waals surface area contributed by atoms with Crippen molar-refractivity contribution in [1.29, 1.82) is 0 Å². The van der Waals surface area contributed by atoms with Crippen LogP contribution in [0.3, 0.4) is 0 Å². The maximum atomic E-state index is 5.97. The minimum Gasteiger partial charge on any atom is -0.487 e. The lowest BCUT2D eigenvalue weighted by atomic mass is 10.2. The normalized spacial score (nSPS) is 11.1. The molecule has 0 spiro atoms. The highest BCUT2D eigenvalue weighted by atomic mass is 16.6. The fourth-order valence-corrected chi connectivity index (χ4v) is 3.33.